The van der Waals surface area contributed by atoms with Crippen molar-refractivity contribution in [1.82, 2.24) is 19.5 Å². The molecule has 7 nitrogen and oxygen atoms in total. The summed E-state index contributed by atoms with van der Waals surface area (Å²) >= 11 is 0. The standard InChI is InChI=1S/C21H16FN5O2/c1-27-11-17(22)26-21(27)19(29)13-4-2-12(3-5-13)15-8-16-14(6-7-18(23)28)9-24-20(16)25-10-15/h2-11H,1H3,(H2,23,28)(H,24,25)/b7-6+. The minimum Gasteiger partial charge on any atom is -0.366 e. The molecule has 0 aliphatic heterocycles. The molecule has 0 fully saturated rings. The van der Waals surface area contributed by atoms with Gasteiger partial charge in [-0.2, -0.15) is 9.37 Å². The molecule has 0 aliphatic carbocycles. The van der Waals surface area contributed by atoms with Gasteiger partial charge in [0, 0.05) is 47.6 Å². The van der Waals surface area contributed by atoms with E-state index in [-0.39, 0.29) is 11.6 Å². The Labute approximate surface area is 164 Å². The highest BCUT2D eigenvalue weighted by atomic mass is 19.1. The largest absolute Gasteiger partial charge is 0.366 e. The Balaban J connectivity index is 1.66. The van der Waals surface area contributed by atoms with Crippen molar-refractivity contribution in [3.63, 3.8) is 0 Å². The predicted octanol–water partition coefficient (Wildman–Crippen LogP) is 2.83. The van der Waals surface area contributed by atoms with E-state index in [1.807, 2.05) is 6.07 Å². The van der Waals surface area contributed by atoms with Crippen LogP contribution in [0.4, 0.5) is 4.39 Å². The number of aryl methyl sites for hydroxylation is 1. The van der Waals surface area contributed by atoms with E-state index in [0.717, 1.165) is 28.3 Å². The quantitative estimate of drug-likeness (QED) is 0.404. The minimum absolute atomic E-state index is 0.0385. The number of imidazole rings is 1. The van der Waals surface area contributed by atoms with Crippen LogP contribution in [0.1, 0.15) is 21.7 Å². The first-order chi connectivity index (χ1) is 13.9. The van der Waals surface area contributed by atoms with Gasteiger partial charge in [0.05, 0.1) is 6.20 Å². The van der Waals surface area contributed by atoms with E-state index in [1.54, 1.807) is 49.8 Å². The number of aromatic amines is 1. The molecule has 4 rings (SSSR count). The Morgan fingerprint density at radius 3 is 2.62 bits per heavy atom. The van der Waals surface area contributed by atoms with Crippen molar-refractivity contribution in [2.45, 2.75) is 0 Å². The molecule has 0 aliphatic rings. The third kappa shape index (κ3) is 3.55. The molecule has 4 aromatic rings. The summed E-state index contributed by atoms with van der Waals surface area (Å²) in [6.07, 6.45) is 7.53. The van der Waals surface area contributed by atoms with E-state index in [4.69, 9.17) is 5.73 Å². The van der Waals surface area contributed by atoms with E-state index in [9.17, 15) is 14.0 Å². The molecule has 3 aromatic heterocycles. The summed E-state index contributed by atoms with van der Waals surface area (Å²) in [6.45, 7) is 0. The highest BCUT2D eigenvalue weighted by molar-refractivity contribution is 6.07. The molecule has 29 heavy (non-hydrogen) atoms. The fourth-order valence-corrected chi connectivity index (χ4v) is 3.08. The van der Waals surface area contributed by atoms with E-state index in [0.29, 0.717) is 11.2 Å². The van der Waals surface area contributed by atoms with Crippen LogP contribution in [0.2, 0.25) is 0 Å². The van der Waals surface area contributed by atoms with Gasteiger partial charge in [0.25, 0.3) is 0 Å². The van der Waals surface area contributed by atoms with Crippen molar-refractivity contribution in [3.8, 4) is 11.1 Å². The summed E-state index contributed by atoms with van der Waals surface area (Å²) in [6, 6.07) is 8.85. The maximum atomic E-state index is 13.3. The normalized spacial score (nSPS) is 11.4. The summed E-state index contributed by atoms with van der Waals surface area (Å²) in [5, 5.41) is 0.837. The molecule has 0 unspecified atom stereocenters. The molecular weight excluding hydrogens is 373 g/mol. The molecule has 0 radical (unpaired) electrons. The average Bonchev–Trinajstić information content (AvgIpc) is 3.27. The monoisotopic (exact) mass is 389 g/mol. The number of benzene rings is 1. The van der Waals surface area contributed by atoms with Crippen LogP contribution in [0.3, 0.4) is 0 Å². The molecule has 0 bridgehead atoms. The lowest BCUT2D eigenvalue weighted by molar-refractivity contribution is -0.113. The predicted molar refractivity (Wildman–Crippen MR) is 106 cm³/mol. The Morgan fingerprint density at radius 2 is 1.97 bits per heavy atom. The molecular formula is C21H16FN5O2. The number of pyridine rings is 1. The molecule has 0 saturated carbocycles. The summed E-state index contributed by atoms with van der Waals surface area (Å²) < 4.78 is 14.6. The Bertz CT molecular complexity index is 1270. The van der Waals surface area contributed by atoms with Gasteiger partial charge in [0.15, 0.2) is 5.82 Å². The minimum atomic E-state index is -0.695. The van der Waals surface area contributed by atoms with Gasteiger partial charge < -0.3 is 15.3 Å². The number of nitrogens with zero attached hydrogens (tertiary/aromatic N) is 3. The van der Waals surface area contributed by atoms with Crippen LogP contribution >= 0.6 is 0 Å². The Kier molecular flexibility index (Phi) is 4.52. The third-order valence-corrected chi connectivity index (χ3v) is 4.52. The second kappa shape index (κ2) is 7.16. The van der Waals surface area contributed by atoms with E-state index in [2.05, 4.69) is 15.0 Å². The van der Waals surface area contributed by atoms with Crippen LogP contribution < -0.4 is 5.73 Å². The Morgan fingerprint density at radius 1 is 1.21 bits per heavy atom. The van der Waals surface area contributed by atoms with Crippen LogP contribution in [0, 0.1) is 5.95 Å². The van der Waals surface area contributed by atoms with Gasteiger partial charge in [-0.15, -0.1) is 0 Å². The smallest absolute Gasteiger partial charge is 0.241 e. The third-order valence-electron chi connectivity index (χ3n) is 4.52. The summed E-state index contributed by atoms with van der Waals surface area (Å²) in [5.41, 5.74) is 8.73. The zero-order valence-electron chi connectivity index (χ0n) is 15.4. The zero-order chi connectivity index (χ0) is 20.5. The van der Waals surface area contributed by atoms with Gasteiger partial charge in [-0.1, -0.05) is 24.3 Å². The second-order valence-corrected chi connectivity index (χ2v) is 6.50. The molecule has 3 heterocycles. The molecule has 0 saturated heterocycles. The lowest BCUT2D eigenvalue weighted by Crippen LogP contribution is -2.08. The lowest BCUT2D eigenvalue weighted by Gasteiger charge is -2.05. The number of carbonyl (C=O) groups is 2. The number of amides is 1. The molecule has 1 amide bonds. The number of H-pyrrole nitrogens is 1. The number of nitrogens with one attached hydrogen (secondary N) is 1. The number of halogens is 1. The highest BCUT2D eigenvalue weighted by Gasteiger charge is 2.16. The van der Waals surface area contributed by atoms with Gasteiger partial charge in [-0.3, -0.25) is 9.59 Å². The molecule has 144 valence electrons. The number of aromatic nitrogens is 4. The maximum absolute atomic E-state index is 13.3. The number of rotatable bonds is 5. The topological polar surface area (TPSA) is 107 Å². The van der Waals surface area contributed by atoms with Crippen molar-refractivity contribution in [3.05, 3.63) is 77.9 Å². The van der Waals surface area contributed by atoms with Crippen molar-refractivity contribution in [2.24, 2.45) is 12.8 Å². The van der Waals surface area contributed by atoms with Crippen molar-refractivity contribution in [2.75, 3.05) is 0 Å². The number of ketones is 1. The maximum Gasteiger partial charge on any atom is 0.241 e. The SMILES string of the molecule is Cn1cc(F)nc1C(=O)c1ccc(-c2cnc3[nH]cc(/C=C/C(N)=O)c3c2)cc1. The van der Waals surface area contributed by atoms with Gasteiger partial charge >= 0.3 is 0 Å². The summed E-state index contributed by atoms with van der Waals surface area (Å²) in [5.74, 6) is -1.55. The second-order valence-electron chi connectivity index (χ2n) is 6.50. The number of nitrogens with two attached hydrogens (primary N) is 1. The first-order valence-corrected chi connectivity index (χ1v) is 8.71. The zero-order valence-corrected chi connectivity index (χ0v) is 15.4. The summed E-state index contributed by atoms with van der Waals surface area (Å²) in [7, 11) is 1.57. The van der Waals surface area contributed by atoms with Gasteiger partial charge in [-0.05, 0) is 17.7 Å². The molecule has 3 N–H and O–H groups in total. The number of hydrogen-bond acceptors (Lipinski definition) is 4. The van der Waals surface area contributed by atoms with Crippen LogP contribution in [-0.4, -0.2) is 31.2 Å². The van der Waals surface area contributed by atoms with E-state index < -0.39 is 11.9 Å². The Hall–Kier alpha value is -4.07. The summed E-state index contributed by atoms with van der Waals surface area (Å²) in [4.78, 5) is 34.6. The number of fused-ring (bicyclic) bond motifs is 1. The lowest BCUT2D eigenvalue weighted by atomic mass is 10.0. The van der Waals surface area contributed by atoms with E-state index in [1.165, 1.54) is 10.6 Å². The van der Waals surface area contributed by atoms with Gasteiger partial charge in [0.1, 0.15) is 5.65 Å². The number of carbonyl (C=O) groups excluding carboxylic acids is 2. The van der Waals surface area contributed by atoms with Crippen molar-refractivity contribution >= 4 is 28.8 Å². The fraction of sp³-hybridized carbons (Fsp3) is 0.0476. The van der Waals surface area contributed by atoms with Crippen LogP contribution in [0.25, 0.3) is 28.2 Å². The first-order valence-electron chi connectivity index (χ1n) is 8.71. The first kappa shape index (κ1) is 18.3. The molecule has 1 aromatic carbocycles. The van der Waals surface area contributed by atoms with Crippen molar-refractivity contribution in [1.29, 1.82) is 0 Å². The molecule has 8 heteroatoms. The van der Waals surface area contributed by atoms with Crippen LogP contribution in [0.15, 0.2) is 55.0 Å². The van der Waals surface area contributed by atoms with Gasteiger partial charge in [0.2, 0.25) is 17.6 Å². The molecule has 0 atom stereocenters. The van der Waals surface area contributed by atoms with Crippen LogP contribution in [-0.2, 0) is 11.8 Å². The van der Waals surface area contributed by atoms with E-state index >= 15 is 0 Å². The average molecular weight is 389 g/mol. The number of primary amides is 1. The number of hydrogen-bond donors (Lipinski definition) is 2. The molecule has 0 spiro atoms. The fourth-order valence-electron chi connectivity index (χ4n) is 3.08. The van der Waals surface area contributed by atoms with Crippen LogP contribution in [0.5, 0.6) is 0 Å². The van der Waals surface area contributed by atoms with Crippen molar-refractivity contribution < 1.29 is 14.0 Å². The van der Waals surface area contributed by atoms with Gasteiger partial charge in [-0.25, -0.2) is 4.98 Å². The highest BCUT2D eigenvalue weighted by Crippen LogP contribution is 2.26.